The fourth-order valence-electron chi connectivity index (χ4n) is 1.38. The minimum absolute atomic E-state index is 0.218. The number of nitrogens with zero attached hydrogens (tertiary/aromatic N) is 1. The third-order valence-electron chi connectivity index (χ3n) is 2.04. The molecule has 1 heterocycles. The van der Waals surface area contributed by atoms with Crippen LogP contribution in [-0.4, -0.2) is 27.1 Å². The molecule has 2 N–H and O–H groups in total. The van der Waals surface area contributed by atoms with Gasteiger partial charge in [-0.15, -0.1) is 0 Å². The summed E-state index contributed by atoms with van der Waals surface area (Å²) in [7, 11) is 0. The van der Waals surface area contributed by atoms with Crippen LogP contribution in [0.15, 0.2) is 22.9 Å². The molecule has 0 radical (unpaired) electrons. The molecule has 86 valence electrons. The summed E-state index contributed by atoms with van der Waals surface area (Å²) in [5.41, 5.74) is 0.610. The molecule has 16 heavy (non-hydrogen) atoms. The van der Waals surface area contributed by atoms with Crippen LogP contribution < -0.4 is 0 Å². The van der Waals surface area contributed by atoms with E-state index >= 15 is 0 Å². The highest BCUT2D eigenvalue weighted by Crippen LogP contribution is 2.25. The van der Waals surface area contributed by atoms with Crippen molar-refractivity contribution < 1.29 is 19.8 Å². The second kappa shape index (κ2) is 5.60. The van der Waals surface area contributed by atoms with E-state index in [0.29, 0.717) is 10.0 Å². The van der Waals surface area contributed by atoms with Gasteiger partial charge in [0.05, 0.1) is 12.8 Å². The van der Waals surface area contributed by atoms with Crippen LogP contribution >= 0.6 is 15.9 Å². The maximum atomic E-state index is 10.6. The first-order valence-corrected chi connectivity index (χ1v) is 5.32. The van der Waals surface area contributed by atoms with Gasteiger partial charge in [-0.05, 0) is 27.6 Å². The third kappa shape index (κ3) is 3.98. The van der Waals surface area contributed by atoms with E-state index in [1.807, 2.05) is 0 Å². The van der Waals surface area contributed by atoms with Crippen molar-refractivity contribution in [3.8, 4) is 0 Å². The number of rotatable bonds is 5. The van der Waals surface area contributed by atoms with Gasteiger partial charge in [0.1, 0.15) is 0 Å². The number of hydrogen-bond donors (Lipinski definition) is 2. The van der Waals surface area contributed by atoms with Gasteiger partial charge in [-0.1, -0.05) is 0 Å². The van der Waals surface area contributed by atoms with Crippen molar-refractivity contribution in [3.63, 3.8) is 0 Å². The van der Waals surface area contributed by atoms with Gasteiger partial charge in [-0.3, -0.25) is 14.6 Å². The second-order valence-corrected chi connectivity index (χ2v) is 4.24. The van der Waals surface area contributed by atoms with E-state index in [2.05, 4.69) is 20.9 Å². The van der Waals surface area contributed by atoms with Gasteiger partial charge in [-0.25, -0.2) is 0 Å². The molecule has 0 atom stereocenters. The number of carboxylic acids is 2. The van der Waals surface area contributed by atoms with E-state index in [1.165, 1.54) is 6.20 Å². The molecule has 0 aromatic carbocycles. The van der Waals surface area contributed by atoms with E-state index in [4.69, 9.17) is 10.2 Å². The standard InChI is InChI=1S/C10H10BrNO4/c11-8-1-7(4-12-5-8)6(2-9(13)14)3-10(15)16/h1,4-6H,2-3H2,(H,13,14)(H,15,16). The van der Waals surface area contributed by atoms with Crippen LogP contribution in [0.3, 0.4) is 0 Å². The molecule has 0 unspecified atom stereocenters. The normalized spacial score (nSPS) is 10.4. The number of carboxylic acid groups (broad SMARTS) is 2. The summed E-state index contributed by atoms with van der Waals surface area (Å²) < 4.78 is 0.700. The first-order valence-electron chi connectivity index (χ1n) is 4.53. The Hall–Kier alpha value is -1.43. The summed E-state index contributed by atoms with van der Waals surface area (Å²) in [6.07, 6.45) is 2.61. The SMILES string of the molecule is O=C(O)CC(CC(=O)O)c1cncc(Br)c1. The maximum absolute atomic E-state index is 10.6. The fraction of sp³-hybridized carbons (Fsp3) is 0.300. The zero-order chi connectivity index (χ0) is 12.1. The molecule has 1 aromatic rings. The maximum Gasteiger partial charge on any atom is 0.303 e. The van der Waals surface area contributed by atoms with Gasteiger partial charge >= 0.3 is 11.9 Å². The summed E-state index contributed by atoms with van der Waals surface area (Å²) in [6.45, 7) is 0. The van der Waals surface area contributed by atoms with E-state index in [-0.39, 0.29) is 12.8 Å². The Kier molecular flexibility index (Phi) is 4.42. The number of hydrogen-bond acceptors (Lipinski definition) is 3. The molecule has 0 bridgehead atoms. The van der Waals surface area contributed by atoms with Crippen molar-refractivity contribution in [2.75, 3.05) is 0 Å². The van der Waals surface area contributed by atoms with Gasteiger partial charge in [0.15, 0.2) is 0 Å². The van der Waals surface area contributed by atoms with Crippen molar-refractivity contribution >= 4 is 27.9 Å². The van der Waals surface area contributed by atoms with Crippen LogP contribution in [0.5, 0.6) is 0 Å². The van der Waals surface area contributed by atoms with Crippen molar-refractivity contribution in [1.82, 2.24) is 4.98 Å². The van der Waals surface area contributed by atoms with Crippen LogP contribution in [0.4, 0.5) is 0 Å². The summed E-state index contributed by atoms with van der Waals surface area (Å²) in [4.78, 5) is 25.1. The highest BCUT2D eigenvalue weighted by molar-refractivity contribution is 9.10. The largest absolute Gasteiger partial charge is 0.481 e. The number of carbonyl (C=O) groups is 2. The van der Waals surface area contributed by atoms with Gasteiger partial charge < -0.3 is 10.2 Å². The molecular formula is C10H10BrNO4. The van der Waals surface area contributed by atoms with Crippen molar-refractivity contribution in [2.45, 2.75) is 18.8 Å². The molecule has 0 saturated heterocycles. The first-order chi connectivity index (χ1) is 7.49. The minimum atomic E-state index is -1.02. The van der Waals surface area contributed by atoms with Gasteiger partial charge in [0.2, 0.25) is 0 Å². The predicted octanol–water partition coefficient (Wildman–Crippen LogP) is 1.88. The molecule has 0 aliphatic carbocycles. The zero-order valence-electron chi connectivity index (χ0n) is 8.26. The Morgan fingerprint density at radius 3 is 2.25 bits per heavy atom. The average Bonchev–Trinajstić information content (AvgIpc) is 2.15. The van der Waals surface area contributed by atoms with Crippen LogP contribution in [0.1, 0.15) is 24.3 Å². The Bertz CT molecular complexity index is 392. The molecule has 0 aliphatic heterocycles. The average molecular weight is 288 g/mol. The molecule has 1 rings (SSSR count). The highest BCUT2D eigenvalue weighted by atomic mass is 79.9. The molecule has 5 nitrogen and oxygen atoms in total. The van der Waals surface area contributed by atoms with E-state index in [0.717, 1.165) is 0 Å². The van der Waals surface area contributed by atoms with E-state index in [1.54, 1.807) is 12.3 Å². The molecular weight excluding hydrogens is 278 g/mol. The van der Waals surface area contributed by atoms with Gasteiger partial charge in [0, 0.05) is 22.8 Å². The van der Waals surface area contributed by atoms with E-state index < -0.39 is 17.9 Å². The lowest BCUT2D eigenvalue weighted by molar-refractivity contribution is -0.139. The Morgan fingerprint density at radius 2 is 1.81 bits per heavy atom. The summed E-state index contributed by atoms with van der Waals surface area (Å²) >= 11 is 3.21. The zero-order valence-corrected chi connectivity index (χ0v) is 9.85. The topological polar surface area (TPSA) is 87.5 Å². The number of aliphatic carboxylic acids is 2. The van der Waals surface area contributed by atoms with E-state index in [9.17, 15) is 9.59 Å². The second-order valence-electron chi connectivity index (χ2n) is 3.33. The van der Waals surface area contributed by atoms with Gasteiger partial charge in [0.25, 0.3) is 0 Å². The van der Waals surface area contributed by atoms with Crippen LogP contribution in [0, 0.1) is 0 Å². The first kappa shape index (κ1) is 12.6. The number of aromatic nitrogens is 1. The Balaban J connectivity index is 2.90. The third-order valence-corrected chi connectivity index (χ3v) is 2.47. The highest BCUT2D eigenvalue weighted by Gasteiger charge is 2.19. The molecule has 1 aromatic heterocycles. The molecule has 0 amide bonds. The monoisotopic (exact) mass is 287 g/mol. The molecule has 0 aliphatic rings. The van der Waals surface area contributed by atoms with Crippen LogP contribution in [0.25, 0.3) is 0 Å². The molecule has 6 heteroatoms. The Morgan fingerprint density at radius 1 is 1.25 bits per heavy atom. The summed E-state index contributed by atoms with van der Waals surface area (Å²) in [5.74, 6) is -2.60. The number of pyridine rings is 1. The lowest BCUT2D eigenvalue weighted by Gasteiger charge is -2.12. The van der Waals surface area contributed by atoms with Crippen molar-refractivity contribution in [2.24, 2.45) is 0 Å². The number of halogens is 1. The lowest BCUT2D eigenvalue weighted by Crippen LogP contribution is -2.11. The van der Waals surface area contributed by atoms with Crippen molar-refractivity contribution in [3.05, 3.63) is 28.5 Å². The summed E-state index contributed by atoms with van der Waals surface area (Å²) in [5, 5.41) is 17.4. The molecule has 0 saturated carbocycles. The van der Waals surface area contributed by atoms with Crippen LogP contribution in [-0.2, 0) is 9.59 Å². The molecule has 0 fully saturated rings. The summed E-state index contributed by atoms with van der Waals surface area (Å²) in [6, 6.07) is 1.68. The Labute approximate surface area is 100 Å². The smallest absolute Gasteiger partial charge is 0.303 e. The van der Waals surface area contributed by atoms with Crippen LogP contribution in [0.2, 0.25) is 0 Å². The van der Waals surface area contributed by atoms with Gasteiger partial charge in [-0.2, -0.15) is 0 Å². The molecule has 0 spiro atoms. The van der Waals surface area contributed by atoms with Crippen molar-refractivity contribution in [1.29, 1.82) is 0 Å². The fourth-order valence-corrected chi connectivity index (χ4v) is 1.76. The predicted molar refractivity (Wildman–Crippen MR) is 59.2 cm³/mol. The quantitative estimate of drug-likeness (QED) is 0.863. The lowest BCUT2D eigenvalue weighted by atomic mass is 9.94. The minimum Gasteiger partial charge on any atom is -0.481 e.